The summed E-state index contributed by atoms with van der Waals surface area (Å²) in [6.07, 6.45) is 2.26. The molecule has 1 saturated carbocycles. The van der Waals surface area contributed by atoms with Crippen molar-refractivity contribution in [3.05, 3.63) is 24.3 Å². The molecule has 6 nitrogen and oxygen atoms in total. The molecule has 2 N–H and O–H groups in total. The van der Waals surface area contributed by atoms with E-state index in [1.807, 2.05) is 24.3 Å². The smallest absolute Gasteiger partial charge is 0.234 e. The summed E-state index contributed by atoms with van der Waals surface area (Å²) in [6, 6.07) is 8.15. The summed E-state index contributed by atoms with van der Waals surface area (Å²) in [4.78, 5) is 16.2. The Bertz CT molecular complexity index is 598. The molecule has 7 heteroatoms. The van der Waals surface area contributed by atoms with Crippen molar-refractivity contribution in [1.29, 1.82) is 0 Å². The van der Waals surface area contributed by atoms with Crippen LogP contribution in [-0.4, -0.2) is 66.7 Å². The average molecular weight is 348 g/mol. The lowest BCUT2D eigenvalue weighted by Gasteiger charge is -2.35. The van der Waals surface area contributed by atoms with E-state index in [1.54, 1.807) is 7.11 Å². The Balaban J connectivity index is 1.43. The van der Waals surface area contributed by atoms with E-state index in [-0.39, 0.29) is 5.91 Å². The number of amides is 1. The van der Waals surface area contributed by atoms with Gasteiger partial charge < -0.3 is 20.3 Å². The number of thiocarbonyl (C=S) groups is 1. The van der Waals surface area contributed by atoms with Crippen LogP contribution in [0.2, 0.25) is 0 Å². The molecule has 2 fully saturated rings. The molecular formula is C17H24N4O2S. The lowest BCUT2D eigenvalue weighted by molar-refractivity contribution is -0.122. The number of methoxy groups -OCH3 is 1. The minimum absolute atomic E-state index is 0.142. The Morgan fingerprint density at radius 2 is 2.04 bits per heavy atom. The highest BCUT2D eigenvalue weighted by Crippen LogP contribution is 2.19. The van der Waals surface area contributed by atoms with Gasteiger partial charge in [0.15, 0.2) is 5.11 Å². The molecular weight excluding hydrogens is 324 g/mol. The average Bonchev–Trinajstić information content (AvgIpc) is 3.39. The Kier molecular flexibility index (Phi) is 5.52. The maximum Gasteiger partial charge on any atom is 0.234 e. The van der Waals surface area contributed by atoms with Crippen molar-refractivity contribution >= 4 is 28.9 Å². The van der Waals surface area contributed by atoms with Gasteiger partial charge in [0.05, 0.1) is 13.7 Å². The van der Waals surface area contributed by atoms with Crippen molar-refractivity contribution in [1.82, 2.24) is 15.1 Å². The first-order chi connectivity index (χ1) is 11.6. The molecule has 0 atom stereocenters. The zero-order chi connectivity index (χ0) is 16.9. The molecule has 1 aromatic rings. The minimum Gasteiger partial charge on any atom is -0.497 e. The monoisotopic (exact) mass is 348 g/mol. The van der Waals surface area contributed by atoms with Gasteiger partial charge in [-0.25, -0.2) is 0 Å². The zero-order valence-corrected chi connectivity index (χ0v) is 14.8. The summed E-state index contributed by atoms with van der Waals surface area (Å²) in [7, 11) is 1.65. The summed E-state index contributed by atoms with van der Waals surface area (Å²) in [5.74, 6) is 0.942. The highest BCUT2D eigenvalue weighted by Gasteiger charge is 2.25. The van der Waals surface area contributed by atoms with Crippen LogP contribution in [0.3, 0.4) is 0 Å². The third kappa shape index (κ3) is 4.82. The molecule has 1 saturated heterocycles. The van der Waals surface area contributed by atoms with Gasteiger partial charge in [0.1, 0.15) is 5.75 Å². The van der Waals surface area contributed by atoms with Gasteiger partial charge >= 0.3 is 0 Å². The molecule has 3 rings (SSSR count). The second-order valence-corrected chi connectivity index (χ2v) is 6.65. The number of ether oxygens (including phenoxy) is 1. The topological polar surface area (TPSA) is 56.8 Å². The van der Waals surface area contributed by atoms with Gasteiger partial charge in [-0.15, -0.1) is 0 Å². The summed E-state index contributed by atoms with van der Waals surface area (Å²) in [5, 5.41) is 7.00. The second kappa shape index (κ2) is 7.81. The Labute approximate surface area is 148 Å². The lowest BCUT2D eigenvalue weighted by Crippen LogP contribution is -2.52. The minimum atomic E-state index is 0.142. The SMILES string of the molecule is COc1cccc(NC(=S)N2CCN(CC(=O)NC3CC3)CC2)c1. The predicted molar refractivity (Wildman–Crippen MR) is 98.4 cm³/mol. The number of benzene rings is 1. The van der Waals surface area contributed by atoms with E-state index in [9.17, 15) is 4.79 Å². The number of hydrogen-bond acceptors (Lipinski definition) is 4. The quantitative estimate of drug-likeness (QED) is 0.782. The third-order valence-corrected chi connectivity index (χ3v) is 4.65. The molecule has 24 heavy (non-hydrogen) atoms. The van der Waals surface area contributed by atoms with Crippen molar-refractivity contribution in [2.45, 2.75) is 18.9 Å². The third-order valence-electron chi connectivity index (χ3n) is 4.29. The molecule has 1 heterocycles. The van der Waals surface area contributed by atoms with Crippen LogP contribution in [0.5, 0.6) is 5.75 Å². The Morgan fingerprint density at radius 1 is 1.29 bits per heavy atom. The number of nitrogens with one attached hydrogen (secondary N) is 2. The predicted octanol–water partition coefficient (Wildman–Crippen LogP) is 1.29. The Morgan fingerprint density at radius 3 is 2.71 bits per heavy atom. The van der Waals surface area contributed by atoms with Crippen LogP contribution in [0.4, 0.5) is 5.69 Å². The fourth-order valence-corrected chi connectivity index (χ4v) is 3.02. The lowest BCUT2D eigenvalue weighted by atomic mass is 10.3. The second-order valence-electron chi connectivity index (χ2n) is 6.27. The largest absolute Gasteiger partial charge is 0.497 e. The number of piperazine rings is 1. The molecule has 2 aliphatic rings. The molecule has 0 spiro atoms. The first kappa shape index (κ1) is 17.0. The van der Waals surface area contributed by atoms with Crippen LogP contribution in [0, 0.1) is 0 Å². The van der Waals surface area contributed by atoms with Crippen LogP contribution in [-0.2, 0) is 4.79 Å². The van der Waals surface area contributed by atoms with E-state index in [4.69, 9.17) is 17.0 Å². The van der Waals surface area contributed by atoms with Crippen LogP contribution >= 0.6 is 12.2 Å². The van der Waals surface area contributed by atoms with Crippen molar-refractivity contribution in [3.63, 3.8) is 0 Å². The van der Waals surface area contributed by atoms with Gasteiger partial charge in [0, 0.05) is 44.0 Å². The van der Waals surface area contributed by atoms with Crippen LogP contribution in [0.1, 0.15) is 12.8 Å². The summed E-state index contributed by atoms with van der Waals surface area (Å²) >= 11 is 5.50. The summed E-state index contributed by atoms with van der Waals surface area (Å²) in [6.45, 7) is 3.83. The number of carbonyl (C=O) groups excluding carboxylic acids is 1. The molecule has 0 radical (unpaired) electrons. The van der Waals surface area contributed by atoms with Crippen LogP contribution in [0.25, 0.3) is 0 Å². The number of hydrogen-bond donors (Lipinski definition) is 2. The van der Waals surface area contributed by atoms with Crippen LogP contribution < -0.4 is 15.4 Å². The normalized spacial score (nSPS) is 18.1. The van der Waals surface area contributed by atoms with Crippen molar-refractivity contribution in [3.8, 4) is 5.75 Å². The van der Waals surface area contributed by atoms with E-state index in [1.165, 1.54) is 0 Å². The molecule has 0 aromatic heterocycles. The maximum atomic E-state index is 11.9. The zero-order valence-electron chi connectivity index (χ0n) is 14.0. The molecule has 130 valence electrons. The van der Waals surface area contributed by atoms with Gasteiger partial charge in [-0.05, 0) is 37.2 Å². The number of carbonyl (C=O) groups is 1. The fraction of sp³-hybridized carbons (Fsp3) is 0.529. The molecule has 0 bridgehead atoms. The van der Waals surface area contributed by atoms with Gasteiger partial charge in [-0.3, -0.25) is 9.69 Å². The Hall–Kier alpha value is -1.86. The van der Waals surface area contributed by atoms with E-state index >= 15 is 0 Å². The number of anilines is 1. The molecule has 1 aliphatic carbocycles. The number of nitrogens with zero attached hydrogens (tertiary/aromatic N) is 2. The molecule has 0 unspecified atom stereocenters. The van der Waals surface area contributed by atoms with Gasteiger partial charge in [-0.2, -0.15) is 0 Å². The van der Waals surface area contributed by atoms with Gasteiger partial charge in [0.25, 0.3) is 0 Å². The highest BCUT2D eigenvalue weighted by molar-refractivity contribution is 7.80. The van der Waals surface area contributed by atoms with Crippen molar-refractivity contribution in [2.75, 3.05) is 45.2 Å². The fourth-order valence-electron chi connectivity index (χ4n) is 2.72. The van der Waals surface area contributed by atoms with Crippen LogP contribution in [0.15, 0.2) is 24.3 Å². The van der Waals surface area contributed by atoms with Crippen molar-refractivity contribution in [2.24, 2.45) is 0 Å². The first-order valence-corrected chi connectivity index (χ1v) is 8.76. The number of rotatable bonds is 5. The molecule has 1 amide bonds. The molecule has 1 aromatic carbocycles. The highest BCUT2D eigenvalue weighted by atomic mass is 32.1. The van der Waals surface area contributed by atoms with E-state index in [0.717, 1.165) is 50.5 Å². The van der Waals surface area contributed by atoms with Gasteiger partial charge in [0.2, 0.25) is 5.91 Å². The van der Waals surface area contributed by atoms with E-state index < -0.39 is 0 Å². The first-order valence-electron chi connectivity index (χ1n) is 8.36. The summed E-state index contributed by atoms with van der Waals surface area (Å²) in [5.41, 5.74) is 0.922. The maximum absolute atomic E-state index is 11.9. The van der Waals surface area contributed by atoms with Crippen molar-refractivity contribution < 1.29 is 9.53 Å². The van der Waals surface area contributed by atoms with E-state index in [2.05, 4.69) is 20.4 Å². The summed E-state index contributed by atoms with van der Waals surface area (Å²) < 4.78 is 5.22. The molecule has 1 aliphatic heterocycles. The standard InChI is InChI=1S/C17H24N4O2S/c1-23-15-4-2-3-14(11-15)19-17(24)21-9-7-20(8-10-21)12-16(22)18-13-5-6-13/h2-4,11,13H,5-10,12H2,1H3,(H,18,22)(H,19,24). The van der Waals surface area contributed by atoms with Gasteiger partial charge in [-0.1, -0.05) is 6.07 Å². The van der Waals surface area contributed by atoms with E-state index in [0.29, 0.717) is 17.7 Å².